The molecule has 0 saturated heterocycles. The van der Waals surface area contributed by atoms with Crippen molar-refractivity contribution in [3.05, 3.63) is 71.8 Å². The number of hydrogen-bond acceptors (Lipinski definition) is 6. The van der Waals surface area contributed by atoms with Gasteiger partial charge in [-0.1, -0.05) is 48.0 Å². The quantitative estimate of drug-likeness (QED) is 0.438. The number of aromatic nitrogens is 4. The fourth-order valence-electron chi connectivity index (χ4n) is 2.72. The predicted molar refractivity (Wildman–Crippen MR) is 112 cm³/mol. The lowest BCUT2D eigenvalue weighted by Gasteiger charge is -2.09. The van der Waals surface area contributed by atoms with Crippen LogP contribution in [0.3, 0.4) is 0 Å². The van der Waals surface area contributed by atoms with Gasteiger partial charge < -0.3 is 14.8 Å². The average molecular weight is 424 g/mol. The summed E-state index contributed by atoms with van der Waals surface area (Å²) in [7, 11) is 0. The third kappa shape index (κ3) is 4.84. The Morgan fingerprint density at radius 2 is 1.87 bits per heavy atom. The van der Waals surface area contributed by atoms with Crippen molar-refractivity contribution in [3.63, 3.8) is 0 Å². The molecule has 1 N–H and O–H groups in total. The first kappa shape index (κ1) is 19.7. The molecule has 1 amide bonds. The molecule has 2 aromatic carbocycles. The Morgan fingerprint density at radius 1 is 1.00 bits per heavy atom. The molecule has 9 heteroatoms. The van der Waals surface area contributed by atoms with E-state index in [0.717, 1.165) is 5.56 Å². The van der Waals surface area contributed by atoms with Gasteiger partial charge in [-0.25, -0.2) is 0 Å². The van der Waals surface area contributed by atoms with Crippen LogP contribution in [-0.4, -0.2) is 45.5 Å². The lowest BCUT2D eigenvalue weighted by Crippen LogP contribution is -2.32. The average Bonchev–Trinajstić information content (AvgIpc) is 3.19. The summed E-state index contributed by atoms with van der Waals surface area (Å²) in [4.78, 5) is 11.9. The molecule has 2 aromatic heterocycles. The number of nitrogens with one attached hydrogen (secondary N) is 1. The molecule has 0 spiro atoms. The Bertz CT molecular complexity index is 1150. The zero-order chi connectivity index (χ0) is 20.8. The van der Waals surface area contributed by atoms with Crippen molar-refractivity contribution in [2.75, 3.05) is 19.8 Å². The highest BCUT2D eigenvalue weighted by atomic mass is 35.5. The van der Waals surface area contributed by atoms with Crippen LogP contribution >= 0.6 is 11.6 Å². The smallest absolute Gasteiger partial charge is 0.258 e. The van der Waals surface area contributed by atoms with Gasteiger partial charge in [-0.3, -0.25) is 4.79 Å². The number of nitrogens with zero attached hydrogens (tertiary/aromatic N) is 4. The number of ether oxygens (including phenoxy) is 2. The van der Waals surface area contributed by atoms with E-state index in [2.05, 4.69) is 20.6 Å². The molecule has 4 rings (SSSR count). The number of hydrogen-bond donors (Lipinski definition) is 1. The van der Waals surface area contributed by atoms with Crippen LogP contribution in [0.25, 0.3) is 17.0 Å². The first-order valence-corrected chi connectivity index (χ1v) is 9.62. The van der Waals surface area contributed by atoms with Gasteiger partial charge in [-0.05, 0) is 24.3 Å². The zero-order valence-electron chi connectivity index (χ0n) is 15.9. The second kappa shape index (κ2) is 9.23. The molecule has 0 aliphatic carbocycles. The minimum Gasteiger partial charge on any atom is -0.484 e. The highest BCUT2D eigenvalue weighted by molar-refractivity contribution is 6.30. The zero-order valence-corrected chi connectivity index (χ0v) is 16.6. The lowest BCUT2D eigenvalue weighted by molar-refractivity contribution is -0.123. The Labute approximate surface area is 177 Å². The van der Waals surface area contributed by atoms with Gasteiger partial charge in [-0.2, -0.15) is 4.52 Å². The van der Waals surface area contributed by atoms with Crippen LogP contribution in [0.5, 0.6) is 11.6 Å². The van der Waals surface area contributed by atoms with Crippen LogP contribution in [0.1, 0.15) is 0 Å². The van der Waals surface area contributed by atoms with E-state index in [1.165, 1.54) is 0 Å². The molecule has 4 aromatic rings. The molecule has 0 aliphatic rings. The number of rotatable bonds is 8. The Kier molecular flexibility index (Phi) is 6.05. The van der Waals surface area contributed by atoms with E-state index in [1.54, 1.807) is 40.9 Å². The Morgan fingerprint density at radius 3 is 2.70 bits per heavy atom. The van der Waals surface area contributed by atoms with Crippen LogP contribution in [0.2, 0.25) is 5.02 Å². The topological polar surface area (TPSA) is 90.6 Å². The van der Waals surface area contributed by atoms with Crippen LogP contribution in [-0.2, 0) is 4.79 Å². The van der Waals surface area contributed by atoms with Gasteiger partial charge in [0.05, 0.1) is 6.54 Å². The van der Waals surface area contributed by atoms with Crippen molar-refractivity contribution in [1.82, 2.24) is 25.1 Å². The van der Waals surface area contributed by atoms with Crippen molar-refractivity contribution in [3.8, 4) is 23.0 Å². The molecule has 0 unspecified atom stereocenters. The van der Waals surface area contributed by atoms with Crippen molar-refractivity contribution in [1.29, 1.82) is 0 Å². The molecule has 0 radical (unpaired) electrons. The molecule has 0 saturated carbocycles. The fourth-order valence-corrected chi connectivity index (χ4v) is 2.90. The van der Waals surface area contributed by atoms with Crippen molar-refractivity contribution in [2.45, 2.75) is 0 Å². The second-order valence-electron chi connectivity index (χ2n) is 6.28. The summed E-state index contributed by atoms with van der Waals surface area (Å²) in [5, 5.41) is 16.0. The maximum atomic E-state index is 11.9. The predicted octanol–water partition coefficient (Wildman–Crippen LogP) is 3.02. The summed E-state index contributed by atoms with van der Waals surface area (Å²) in [6.45, 7) is 0.459. The molecule has 0 fully saturated rings. The van der Waals surface area contributed by atoms with Crippen LogP contribution in [0.15, 0.2) is 66.7 Å². The van der Waals surface area contributed by atoms with E-state index in [1.807, 2.05) is 30.3 Å². The maximum absolute atomic E-state index is 11.9. The summed E-state index contributed by atoms with van der Waals surface area (Å²) >= 11 is 5.88. The van der Waals surface area contributed by atoms with Crippen molar-refractivity contribution >= 4 is 23.2 Å². The molecular formula is C21H18ClN5O3. The SMILES string of the molecule is O=C(COc1cccc(Cl)c1)NCCOc1ccc2nnc(-c3ccccc3)n2n1. The van der Waals surface area contributed by atoms with Gasteiger partial charge in [0.1, 0.15) is 12.4 Å². The van der Waals surface area contributed by atoms with Gasteiger partial charge in [-0.15, -0.1) is 15.3 Å². The number of halogens is 1. The number of carbonyl (C=O) groups is 1. The molecule has 30 heavy (non-hydrogen) atoms. The first-order valence-electron chi connectivity index (χ1n) is 9.25. The fraction of sp³-hybridized carbons (Fsp3) is 0.143. The van der Waals surface area contributed by atoms with Crippen LogP contribution in [0.4, 0.5) is 0 Å². The number of fused-ring (bicyclic) bond motifs is 1. The third-order valence-corrected chi connectivity index (χ3v) is 4.35. The van der Waals surface area contributed by atoms with Gasteiger partial charge in [0.15, 0.2) is 18.1 Å². The summed E-state index contributed by atoms with van der Waals surface area (Å²) in [5.74, 6) is 1.31. The van der Waals surface area contributed by atoms with Crippen LogP contribution in [0, 0.1) is 0 Å². The standard InChI is InChI=1S/C21H18ClN5O3/c22-16-7-4-8-17(13-16)30-14-19(28)23-11-12-29-20-10-9-18-24-25-21(27(18)26-20)15-5-2-1-3-6-15/h1-10,13H,11-12,14H2,(H,23,28). The molecule has 0 atom stereocenters. The van der Waals surface area contributed by atoms with Gasteiger partial charge in [0, 0.05) is 16.7 Å². The highest BCUT2D eigenvalue weighted by Crippen LogP contribution is 2.19. The van der Waals surface area contributed by atoms with E-state index < -0.39 is 0 Å². The first-order chi connectivity index (χ1) is 14.7. The second-order valence-corrected chi connectivity index (χ2v) is 6.71. The summed E-state index contributed by atoms with van der Waals surface area (Å²) < 4.78 is 12.7. The van der Waals surface area contributed by atoms with Gasteiger partial charge >= 0.3 is 0 Å². The van der Waals surface area contributed by atoms with Crippen molar-refractivity contribution in [2.24, 2.45) is 0 Å². The van der Waals surface area contributed by atoms with E-state index in [-0.39, 0.29) is 19.1 Å². The largest absolute Gasteiger partial charge is 0.484 e. The Balaban J connectivity index is 1.28. The Hall–Kier alpha value is -3.65. The summed E-state index contributed by atoms with van der Waals surface area (Å²) in [6, 6.07) is 20.0. The normalized spacial score (nSPS) is 10.7. The van der Waals surface area contributed by atoms with E-state index in [4.69, 9.17) is 21.1 Å². The highest BCUT2D eigenvalue weighted by Gasteiger charge is 2.10. The van der Waals surface area contributed by atoms with Gasteiger partial charge in [0.25, 0.3) is 5.91 Å². The number of amides is 1. The molecular weight excluding hydrogens is 406 g/mol. The summed E-state index contributed by atoms with van der Waals surface area (Å²) in [5.41, 5.74) is 1.52. The molecule has 8 nitrogen and oxygen atoms in total. The maximum Gasteiger partial charge on any atom is 0.258 e. The number of benzene rings is 2. The van der Waals surface area contributed by atoms with Gasteiger partial charge in [0.2, 0.25) is 5.88 Å². The lowest BCUT2D eigenvalue weighted by atomic mass is 10.2. The minimum absolute atomic E-state index is 0.105. The monoisotopic (exact) mass is 423 g/mol. The number of carbonyl (C=O) groups excluding carboxylic acids is 1. The summed E-state index contributed by atoms with van der Waals surface area (Å²) in [6.07, 6.45) is 0. The molecule has 0 aliphatic heterocycles. The minimum atomic E-state index is -0.257. The van der Waals surface area contributed by atoms with E-state index in [9.17, 15) is 4.79 Å². The molecule has 0 bridgehead atoms. The van der Waals surface area contributed by atoms with Crippen LogP contribution < -0.4 is 14.8 Å². The molecule has 152 valence electrons. The molecule has 2 heterocycles. The van der Waals surface area contributed by atoms with E-state index in [0.29, 0.717) is 34.7 Å². The third-order valence-electron chi connectivity index (χ3n) is 4.11. The van der Waals surface area contributed by atoms with Crippen molar-refractivity contribution < 1.29 is 14.3 Å². The van der Waals surface area contributed by atoms with E-state index >= 15 is 0 Å².